The van der Waals surface area contributed by atoms with E-state index in [9.17, 15) is 14.9 Å². The molecule has 1 aromatic heterocycles. The molecule has 0 aliphatic carbocycles. The maximum atomic E-state index is 12.6. The predicted molar refractivity (Wildman–Crippen MR) is 132 cm³/mol. The molecule has 34 heavy (non-hydrogen) atoms. The number of nitro groups is 1. The van der Waals surface area contributed by atoms with Gasteiger partial charge in [-0.1, -0.05) is 60.1 Å². The molecule has 0 unspecified atom stereocenters. The van der Waals surface area contributed by atoms with Crippen molar-refractivity contribution in [3.63, 3.8) is 0 Å². The first-order chi connectivity index (χ1) is 16.5. The fourth-order valence-corrected chi connectivity index (χ4v) is 4.80. The number of hydrogen-bond donors (Lipinski definition) is 1. The largest absolute Gasteiger partial charge is 0.320 e. The van der Waals surface area contributed by atoms with Gasteiger partial charge in [0.1, 0.15) is 11.5 Å². The highest BCUT2D eigenvalue weighted by Crippen LogP contribution is 2.28. The third-order valence-corrected chi connectivity index (χ3v) is 6.75. The molecule has 178 valence electrons. The smallest absolute Gasteiger partial charge is 0.292 e. The van der Waals surface area contributed by atoms with Crippen molar-refractivity contribution in [1.82, 2.24) is 19.7 Å². The molecule has 1 saturated heterocycles. The zero-order valence-corrected chi connectivity index (χ0v) is 20.1. The second kappa shape index (κ2) is 11.5. The van der Waals surface area contributed by atoms with Crippen LogP contribution < -0.4 is 5.32 Å². The summed E-state index contributed by atoms with van der Waals surface area (Å²) >= 11 is 7.20. The van der Waals surface area contributed by atoms with E-state index in [1.54, 1.807) is 0 Å². The number of aromatic nitrogens is 3. The van der Waals surface area contributed by atoms with E-state index in [4.69, 9.17) is 11.6 Å². The number of hydrogen-bond acceptors (Lipinski definition) is 7. The molecule has 0 saturated carbocycles. The summed E-state index contributed by atoms with van der Waals surface area (Å²) in [6.45, 7) is 3.39. The van der Waals surface area contributed by atoms with Crippen LogP contribution in [0.4, 0.5) is 11.4 Å². The number of nitrogens with one attached hydrogen (secondary N) is 1. The summed E-state index contributed by atoms with van der Waals surface area (Å²) in [7, 11) is 0. The molecule has 0 radical (unpaired) electrons. The summed E-state index contributed by atoms with van der Waals surface area (Å²) in [5.74, 6) is 0.502. The molecule has 9 nitrogen and oxygen atoms in total. The number of piperidine rings is 1. The Balaban J connectivity index is 1.48. The van der Waals surface area contributed by atoms with Crippen molar-refractivity contribution in [3.05, 3.63) is 75.1 Å². The fourth-order valence-electron chi connectivity index (χ4n) is 3.87. The van der Waals surface area contributed by atoms with Gasteiger partial charge in [-0.3, -0.25) is 19.8 Å². The maximum absolute atomic E-state index is 12.6. The van der Waals surface area contributed by atoms with Crippen molar-refractivity contribution >= 4 is 40.6 Å². The van der Waals surface area contributed by atoms with Crippen LogP contribution >= 0.6 is 23.4 Å². The molecule has 1 fully saturated rings. The molecule has 4 rings (SSSR count). The topological polar surface area (TPSA) is 106 Å². The van der Waals surface area contributed by atoms with Crippen LogP contribution in [0.1, 0.15) is 30.7 Å². The molecule has 2 aromatic carbocycles. The minimum Gasteiger partial charge on any atom is -0.320 e. The van der Waals surface area contributed by atoms with Crippen LogP contribution in [-0.2, 0) is 17.9 Å². The second-order valence-electron chi connectivity index (χ2n) is 8.06. The van der Waals surface area contributed by atoms with Gasteiger partial charge in [0.2, 0.25) is 5.91 Å². The second-order valence-corrected chi connectivity index (χ2v) is 9.44. The van der Waals surface area contributed by atoms with E-state index in [2.05, 4.69) is 20.4 Å². The van der Waals surface area contributed by atoms with E-state index in [0.29, 0.717) is 23.3 Å². The fraction of sp³-hybridized carbons (Fsp3) is 0.348. The number of thioether (sulfide) groups is 1. The van der Waals surface area contributed by atoms with Crippen molar-refractivity contribution in [2.24, 2.45) is 0 Å². The minimum atomic E-state index is -0.553. The van der Waals surface area contributed by atoms with Crippen LogP contribution in [0.5, 0.6) is 0 Å². The molecule has 1 N–H and O–H groups in total. The highest BCUT2D eigenvalue weighted by atomic mass is 35.5. The Morgan fingerprint density at radius 3 is 2.59 bits per heavy atom. The molecular formula is C23H25ClN6O3S. The van der Waals surface area contributed by atoms with Gasteiger partial charge in [-0.05, 0) is 43.6 Å². The van der Waals surface area contributed by atoms with Gasteiger partial charge in [-0.2, -0.15) is 0 Å². The Hall–Kier alpha value is -2.95. The van der Waals surface area contributed by atoms with Crippen LogP contribution in [0.3, 0.4) is 0 Å². The van der Waals surface area contributed by atoms with Gasteiger partial charge in [0.25, 0.3) is 5.69 Å². The molecule has 2 heterocycles. The van der Waals surface area contributed by atoms with Crippen molar-refractivity contribution in [2.75, 3.05) is 24.2 Å². The highest BCUT2D eigenvalue weighted by molar-refractivity contribution is 7.99. The number of amides is 1. The van der Waals surface area contributed by atoms with Crippen molar-refractivity contribution in [2.45, 2.75) is 37.5 Å². The number of rotatable bonds is 9. The lowest BCUT2D eigenvalue weighted by Gasteiger charge is -2.26. The number of halogens is 1. The summed E-state index contributed by atoms with van der Waals surface area (Å²) in [4.78, 5) is 25.7. The molecular weight excluding hydrogens is 476 g/mol. The standard InChI is InChI=1S/C23H25ClN6O3S/c24-18-9-10-20(30(32)33)19(13-18)25-22(31)16-34-23-27-26-21(15-28-11-5-2-6-12-28)29(23)14-17-7-3-1-4-8-17/h1,3-4,7-10,13H,2,5-6,11-12,14-16H2,(H,25,31). The maximum Gasteiger partial charge on any atom is 0.292 e. The van der Waals surface area contributed by atoms with Gasteiger partial charge in [0.05, 0.1) is 23.8 Å². The van der Waals surface area contributed by atoms with Crippen LogP contribution in [0, 0.1) is 10.1 Å². The lowest BCUT2D eigenvalue weighted by atomic mass is 10.1. The summed E-state index contributed by atoms with van der Waals surface area (Å²) in [5, 5.41) is 23.6. The molecule has 1 aliphatic rings. The number of nitrogens with zero attached hydrogens (tertiary/aromatic N) is 5. The molecule has 0 spiro atoms. The highest BCUT2D eigenvalue weighted by Gasteiger charge is 2.20. The zero-order valence-electron chi connectivity index (χ0n) is 18.5. The Kier molecular flexibility index (Phi) is 8.15. The van der Waals surface area contributed by atoms with Crippen LogP contribution in [0.15, 0.2) is 53.7 Å². The number of anilines is 1. The van der Waals surface area contributed by atoms with E-state index in [1.807, 2.05) is 34.9 Å². The molecule has 0 atom stereocenters. The first kappa shape index (κ1) is 24.2. The van der Waals surface area contributed by atoms with E-state index >= 15 is 0 Å². The first-order valence-electron chi connectivity index (χ1n) is 11.0. The summed E-state index contributed by atoms with van der Waals surface area (Å²) in [6.07, 6.45) is 3.63. The van der Waals surface area contributed by atoms with Crippen molar-refractivity contribution < 1.29 is 9.72 Å². The Morgan fingerprint density at radius 2 is 1.85 bits per heavy atom. The van der Waals surface area contributed by atoms with Gasteiger partial charge < -0.3 is 9.88 Å². The molecule has 1 aliphatic heterocycles. The quantitative estimate of drug-likeness (QED) is 0.260. The van der Waals surface area contributed by atoms with Gasteiger partial charge >= 0.3 is 0 Å². The lowest BCUT2D eigenvalue weighted by Crippen LogP contribution is -2.30. The normalized spacial score (nSPS) is 14.1. The molecule has 0 bridgehead atoms. The predicted octanol–water partition coefficient (Wildman–Crippen LogP) is 4.60. The van der Waals surface area contributed by atoms with E-state index in [-0.39, 0.29) is 23.0 Å². The number of carbonyl (C=O) groups is 1. The minimum absolute atomic E-state index is 0.0281. The number of nitro benzene ring substituents is 1. The Bertz CT molecular complexity index is 1150. The van der Waals surface area contributed by atoms with Gasteiger partial charge in [0.15, 0.2) is 5.16 Å². The van der Waals surface area contributed by atoms with Crippen molar-refractivity contribution in [3.8, 4) is 0 Å². The average Bonchev–Trinajstić information content (AvgIpc) is 3.20. The summed E-state index contributed by atoms with van der Waals surface area (Å²) in [6, 6.07) is 14.1. The monoisotopic (exact) mass is 500 g/mol. The summed E-state index contributed by atoms with van der Waals surface area (Å²) in [5.41, 5.74) is 0.974. The number of carbonyl (C=O) groups excluding carboxylic acids is 1. The number of likely N-dealkylation sites (tertiary alicyclic amines) is 1. The van der Waals surface area contributed by atoms with Gasteiger partial charge in [-0.25, -0.2) is 0 Å². The van der Waals surface area contributed by atoms with E-state index < -0.39 is 4.92 Å². The average molecular weight is 501 g/mol. The summed E-state index contributed by atoms with van der Waals surface area (Å²) < 4.78 is 2.05. The third-order valence-electron chi connectivity index (χ3n) is 5.55. The third kappa shape index (κ3) is 6.34. The number of benzene rings is 2. The lowest BCUT2D eigenvalue weighted by molar-refractivity contribution is -0.383. The van der Waals surface area contributed by atoms with Crippen LogP contribution in [-0.4, -0.2) is 49.3 Å². The van der Waals surface area contributed by atoms with Crippen LogP contribution in [0.25, 0.3) is 0 Å². The van der Waals surface area contributed by atoms with Gasteiger partial charge in [0, 0.05) is 11.1 Å². The Labute approximate surface area is 206 Å². The zero-order chi connectivity index (χ0) is 23.9. The molecule has 3 aromatic rings. The first-order valence-corrected chi connectivity index (χ1v) is 12.4. The van der Waals surface area contributed by atoms with E-state index in [1.165, 1.54) is 49.2 Å². The van der Waals surface area contributed by atoms with E-state index in [0.717, 1.165) is 24.5 Å². The Morgan fingerprint density at radius 1 is 1.09 bits per heavy atom. The molecule has 11 heteroatoms. The molecule has 1 amide bonds. The SMILES string of the molecule is O=C(CSc1nnc(CN2CCCCC2)n1Cc1ccccc1)Nc1cc(Cl)ccc1[N+](=O)[O-]. The van der Waals surface area contributed by atoms with Gasteiger partial charge in [-0.15, -0.1) is 10.2 Å². The van der Waals surface area contributed by atoms with Crippen molar-refractivity contribution in [1.29, 1.82) is 0 Å². The van der Waals surface area contributed by atoms with Crippen LogP contribution in [0.2, 0.25) is 5.02 Å².